The number of aromatic nitrogens is 4. The summed E-state index contributed by atoms with van der Waals surface area (Å²) in [5.74, 6) is 7.72. The molecule has 0 aliphatic heterocycles. The standard InChI is InChI=1S/C16H26N6O2S/c1-6-7-8-11(13(23)18-12-9-10(2)24-21-12)25-15-20-19-14(22(15)17)16(3,4)5/h9,11H,6-8,17H2,1-5H3,(H,18,21,23). The summed E-state index contributed by atoms with van der Waals surface area (Å²) in [5.41, 5.74) is -0.222. The van der Waals surface area contributed by atoms with Gasteiger partial charge in [0.25, 0.3) is 0 Å². The molecule has 3 N–H and O–H groups in total. The summed E-state index contributed by atoms with van der Waals surface area (Å²) < 4.78 is 6.46. The fourth-order valence-electron chi connectivity index (χ4n) is 2.26. The Labute approximate surface area is 151 Å². The van der Waals surface area contributed by atoms with E-state index >= 15 is 0 Å². The van der Waals surface area contributed by atoms with Gasteiger partial charge in [-0.25, -0.2) is 4.68 Å². The summed E-state index contributed by atoms with van der Waals surface area (Å²) in [5, 5.41) is 15.1. The van der Waals surface area contributed by atoms with Crippen LogP contribution in [0.4, 0.5) is 5.82 Å². The van der Waals surface area contributed by atoms with Gasteiger partial charge in [0.05, 0.1) is 5.25 Å². The normalized spacial score (nSPS) is 13.0. The Bertz CT molecular complexity index is 719. The molecule has 0 spiro atoms. The SMILES string of the molecule is CCCCC(Sc1nnc(C(C)(C)C)n1N)C(=O)Nc1cc(C)on1. The molecule has 0 aromatic carbocycles. The van der Waals surface area contributed by atoms with Gasteiger partial charge in [0.2, 0.25) is 11.1 Å². The van der Waals surface area contributed by atoms with Crippen LogP contribution in [0.2, 0.25) is 0 Å². The van der Waals surface area contributed by atoms with Crippen molar-refractivity contribution in [2.75, 3.05) is 11.2 Å². The number of unbranched alkanes of at least 4 members (excludes halogenated alkanes) is 1. The van der Waals surface area contributed by atoms with E-state index in [1.807, 2.05) is 20.8 Å². The highest BCUT2D eigenvalue weighted by Crippen LogP contribution is 2.29. The summed E-state index contributed by atoms with van der Waals surface area (Å²) >= 11 is 1.32. The molecule has 1 atom stereocenters. The summed E-state index contributed by atoms with van der Waals surface area (Å²) in [6.45, 7) is 9.91. The van der Waals surface area contributed by atoms with Gasteiger partial charge in [-0.1, -0.05) is 57.5 Å². The molecule has 8 nitrogen and oxygen atoms in total. The highest BCUT2D eigenvalue weighted by molar-refractivity contribution is 8.00. The minimum atomic E-state index is -0.337. The van der Waals surface area contributed by atoms with Crippen molar-refractivity contribution in [3.8, 4) is 0 Å². The second-order valence-corrected chi connectivity index (χ2v) is 8.16. The number of nitrogens with one attached hydrogen (secondary N) is 1. The molecule has 2 aromatic rings. The number of hydrogen-bond acceptors (Lipinski definition) is 7. The van der Waals surface area contributed by atoms with E-state index < -0.39 is 0 Å². The van der Waals surface area contributed by atoms with Crippen molar-refractivity contribution in [3.05, 3.63) is 17.7 Å². The predicted molar refractivity (Wildman–Crippen MR) is 97.9 cm³/mol. The molecule has 0 bridgehead atoms. The van der Waals surface area contributed by atoms with E-state index in [0.717, 1.165) is 12.8 Å². The van der Waals surface area contributed by atoms with Crippen LogP contribution in [0.25, 0.3) is 0 Å². The van der Waals surface area contributed by atoms with Crippen LogP contribution in [0.3, 0.4) is 0 Å². The minimum Gasteiger partial charge on any atom is -0.360 e. The highest BCUT2D eigenvalue weighted by Gasteiger charge is 2.27. The van der Waals surface area contributed by atoms with Gasteiger partial charge in [0, 0.05) is 11.5 Å². The lowest BCUT2D eigenvalue weighted by molar-refractivity contribution is -0.115. The number of nitrogens with zero attached hydrogens (tertiary/aromatic N) is 4. The topological polar surface area (TPSA) is 112 Å². The first-order valence-electron chi connectivity index (χ1n) is 8.34. The van der Waals surface area contributed by atoms with Gasteiger partial charge in [0.1, 0.15) is 5.76 Å². The van der Waals surface area contributed by atoms with E-state index in [4.69, 9.17) is 10.4 Å². The van der Waals surface area contributed by atoms with Crippen LogP contribution in [-0.4, -0.2) is 31.2 Å². The zero-order valence-electron chi connectivity index (χ0n) is 15.4. The molecule has 25 heavy (non-hydrogen) atoms. The van der Waals surface area contributed by atoms with E-state index in [1.54, 1.807) is 13.0 Å². The summed E-state index contributed by atoms with van der Waals surface area (Å²) in [6.07, 6.45) is 2.63. The Morgan fingerprint density at radius 3 is 2.68 bits per heavy atom. The van der Waals surface area contributed by atoms with Gasteiger partial charge in [-0.05, 0) is 13.3 Å². The number of nitrogens with two attached hydrogens (primary N) is 1. The average Bonchev–Trinajstić information content (AvgIpc) is 3.09. The number of thioether (sulfide) groups is 1. The van der Waals surface area contributed by atoms with Crippen LogP contribution < -0.4 is 11.2 Å². The molecule has 0 radical (unpaired) electrons. The quantitative estimate of drug-likeness (QED) is 0.572. The third-order valence-electron chi connectivity index (χ3n) is 3.57. The van der Waals surface area contributed by atoms with Crippen LogP contribution >= 0.6 is 11.8 Å². The molecular formula is C16H26N6O2S. The van der Waals surface area contributed by atoms with Crippen LogP contribution in [-0.2, 0) is 10.2 Å². The smallest absolute Gasteiger partial charge is 0.239 e. The zero-order chi connectivity index (χ0) is 18.6. The molecule has 0 fully saturated rings. The van der Waals surface area contributed by atoms with Crippen LogP contribution in [0, 0.1) is 6.92 Å². The van der Waals surface area contributed by atoms with Gasteiger partial charge in [-0.2, -0.15) is 0 Å². The first-order chi connectivity index (χ1) is 11.7. The molecule has 138 valence electrons. The maximum absolute atomic E-state index is 12.6. The number of aryl methyl sites for hydroxylation is 1. The minimum absolute atomic E-state index is 0.146. The van der Waals surface area contributed by atoms with E-state index in [0.29, 0.717) is 29.0 Å². The van der Waals surface area contributed by atoms with Crippen LogP contribution in [0.1, 0.15) is 58.5 Å². The number of amides is 1. The van der Waals surface area contributed by atoms with Gasteiger partial charge in [-0.3, -0.25) is 4.79 Å². The molecular weight excluding hydrogens is 340 g/mol. The maximum Gasteiger partial charge on any atom is 0.239 e. The van der Waals surface area contributed by atoms with E-state index in [9.17, 15) is 4.79 Å². The van der Waals surface area contributed by atoms with Crippen molar-refractivity contribution < 1.29 is 9.32 Å². The summed E-state index contributed by atoms with van der Waals surface area (Å²) in [6, 6.07) is 1.68. The fraction of sp³-hybridized carbons (Fsp3) is 0.625. The molecule has 2 heterocycles. The molecule has 0 saturated carbocycles. The number of rotatable bonds is 7. The highest BCUT2D eigenvalue weighted by atomic mass is 32.2. The van der Waals surface area contributed by atoms with Crippen LogP contribution in [0.15, 0.2) is 15.7 Å². The Morgan fingerprint density at radius 2 is 2.16 bits per heavy atom. The van der Waals surface area contributed by atoms with Crippen molar-refractivity contribution in [3.63, 3.8) is 0 Å². The molecule has 1 amide bonds. The van der Waals surface area contributed by atoms with Crippen LogP contribution in [0.5, 0.6) is 0 Å². The Morgan fingerprint density at radius 1 is 1.44 bits per heavy atom. The molecule has 2 rings (SSSR count). The average molecular weight is 366 g/mol. The zero-order valence-corrected chi connectivity index (χ0v) is 16.2. The van der Waals surface area contributed by atoms with Crippen molar-refractivity contribution in [2.24, 2.45) is 0 Å². The van der Waals surface area contributed by atoms with Gasteiger partial charge >= 0.3 is 0 Å². The third kappa shape index (κ3) is 4.97. The largest absolute Gasteiger partial charge is 0.360 e. The van der Waals surface area contributed by atoms with Gasteiger partial charge < -0.3 is 15.7 Å². The van der Waals surface area contributed by atoms with Crippen molar-refractivity contribution >= 4 is 23.5 Å². The molecule has 1 unspecified atom stereocenters. The fourth-order valence-corrected chi connectivity index (χ4v) is 3.25. The maximum atomic E-state index is 12.6. The second-order valence-electron chi connectivity index (χ2n) is 6.99. The molecule has 0 aliphatic rings. The Kier molecular flexibility index (Phi) is 6.10. The van der Waals surface area contributed by atoms with Gasteiger partial charge in [-0.15, -0.1) is 10.2 Å². The molecule has 9 heteroatoms. The second kappa shape index (κ2) is 7.90. The third-order valence-corrected chi connectivity index (χ3v) is 4.80. The molecule has 0 saturated heterocycles. The van der Waals surface area contributed by atoms with E-state index in [1.165, 1.54) is 16.4 Å². The first kappa shape index (κ1) is 19.3. The first-order valence-corrected chi connectivity index (χ1v) is 9.22. The van der Waals surface area contributed by atoms with E-state index in [-0.39, 0.29) is 16.6 Å². The van der Waals surface area contributed by atoms with Crippen molar-refractivity contribution in [1.82, 2.24) is 20.0 Å². The summed E-state index contributed by atoms with van der Waals surface area (Å²) in [4.78, 5) is 12.6. The number of nitrogen functional groups attached to an aromatic ring is 1. The van der Waals surface area contributed by atoms with E-state index in [2.05, 4.69) is 27.6 Å². The number of hydrogen-bond donors (Lipinski definition) is 2. The predicted octanol–water partition coefficient (Wildman–Crippen LogP) is 2.88. The number of carbonyl (C=O) groups excluding carboxylic acids is 1. The number of carbonyl (C=O) groups is 1. The Balaban J connectivity index is 2.14. The molecule has 2 aromatic heterocycles. The lowest BCUT2D eigenvalue weighted by atomic mass is 9.96. The Hall–Kier alpha value is -2.03. The number of anilines is 1. The monoisotopic (exact) mass is 366 g/mol. The summed E-state index contributed by atoms with van der Waals surface area (Å²) in [7, 11) is 0. The lowest BCUT2D eigenvalue weighted by Crippen LogP contribution is -2.27. The lowest BCUT2D eigenvalue weighted by Gasteiger charge is -2.18. The van der Waals surface area contributed by atoms with Crippen molar-refractivity contribution in [1.29, 1.82) is 0 Å². The molecule has 0 aliphatic carbocycles. The van der Waals surface area contributed by atoms with Gasteiger partial charge in [0.15, 0.2) is 11.6 Å². The van der Waals surface area contributed by atoms with Crippen molar-refractivity contribution in [2.45, 2.75) is 69.7 Å².